The third-order valence-corrected chi connectivity index (χ3v) is 4.55. The molecule has 1 aromatic rings. The van der Waals surface area contributed by atoms with Gasteiger partial charge in [0.1, 0.15) is 5.76 Å². The number of nitrogens with zero attached hydrogens (tertiary/aromatic N) is 1. The molecule has 0 aromatic carbocycles. The average Bonchev–Trinajstić information content (AvgIpc) is 2.69. The van der Waals surface area contributed by atoms with Crippen molar-refractivity contribution in [2.75, 3.05) is 0 Å². The van der Waals surface area contributed by atoms with Gasteiger partial charge >= 0.3 is 0 Å². The van der Waals surface area contributed by atoms with E-state index in [1.807, 2.05) is 20.8 Å². The van der Waals surface area contributed by atoms with Crippen LogP contribution < -0.4 is 5.32 Å². The maximum atomic E-state index is 12.1. The van der Waals surface area contributed by atoms with Crippen molar-refractivity contribution in [2.24, 2.45) is 0 Å². The molecule has 1 amide bonds. The molecule has 0 aliphatic heterocycles. The topological polar surface area (TPSA) is 55.1 Å². The lowest BCUT2D eigenvalue weighted by molar-refractivity contribution is -0.121. The van der Waals surface area contributed by atoms with Crippen LogP contribution in [0.5, 0.6) is 0 Å². The van der Waals surface area contributed by atoms with E-state index in [1.54, 1.807) is 0 Å². The van der Waals surface area contributed by atoms with Crippen LogP contribution in [-0.2, 0) is 4.79 Å². The Kier molecular flexibility index (Phi) is 4.91. The number of rotatable bonds is 4. The third-order valence-electron chi connectivity index (χ3n) is 3.61. The Morgan fingerprint density at radius 2 is 2.05 bits per heavy atom. The van der Waals surface area contributed by atoms with E-state index in [1.165, 1.54) is 31.0 Å². The molecule has 19 heavy (non-hydrogen) atoms. The van der Waals surface area contributed by atoms with Gasteiger partial charge in [-0.25, -0.2) is 4.98 Å². The van der Waals surface area contributed by atoms with Gasteiger partial charge < -0.3 is 9.73 Å². The highest BCUT2D eigenvalue weighted by atomic mass is 32.2. The Hall–Kier alpha value is -0.970. The minimum atomic E-state index is -0.167. The van der Waals surface area contributed by atoms with E-state index in [9.17, 15) is 4.79 Å². The molecular weight excluding hydrogens is 260 g/mol. The Labute approximate surface area is 118 Å². The molecule has 4 nitrogen and oxygen atoms in total. The molecule has 0 spiro atoms. The molecule has 5 heteroatoms. The number of aromatic nitrogens is 1. The highest BCUT2D eigenvalue weighted by molar-refractivity contribution is 8.00. The van der Waals surface area contributed by atoms with E-state index >= 15 is 0 Å². The van der Waals surface area contributed by atoms with Crippen molar-refractivity contribution in [3.05, 3.63) is 11.5 Å². The zero-order chi connectivity index (χ0) is 13.8. The molecule has 1 aromatic heterocycles. The van der Waals surface area contributed by atoms with Crippen molar-refractivity contribution in [2.45, 2.75) is 69.4 Å². The van der Waals surface area contributed by atoms with E-state index < -0.39 is 0 Å². The van der Waals surface area contributed by atoms with Crippen LogP contribution in [-0.4, -0.2) is 22.2 Å². The number of hydrogen-bond donors (Lipinski definition) is 1. The van der Waals surface area contributed by atoms with Gasteiger partial charge in [0.2, 0.25) is 5.91 Å². The van der Waals surface area contributed by atoms with E-state index in [0.29, 0.717) is 11.3 Å². The van der Waals surface area contributed by atoms with Crippen molar-refractivity contribution in [1.29, 1.82) is 0 Å². The number of nitrogens with one attached hydrogen (secondary N) is 1. The molecule has 0 saturated heterocycles. The van der Waals surface area contributed by atoms with Crippen LogP contribution in [0.25, 0.3) is 0 Å². The van der Waals surface area contributed by atoms with Crippen LogP contribution >= 0.6 is 11.8 Å². The molecule has 1 aliphatic rings. The number of aryl methyl sites for hydroxylation is 2. The van der Waals surface area contributed by atoms with Crippen LogP contribution in [0, 0.1) is 13.8 Å². The molecule has 0 bridgehead atoms. The van der Waals surface area contributed by atoms with Crippen LogP contribution in [0.1, 0.15) is 50.5 Å². The van der Waals surface area contributed by atoms with Gasteiger partial charge in [-0.15, -0.1) is 0 Å². The SMILES string of the molecule is Cc1nc(SC(C)C(=O)NC2CCCCC2)oc1C. The minimum Gasteiger partial charge on any atom is -0.437 e. The summed E-state index contributed by atoms with van der Waals surface area (Å²) in [6.45, 7) is 5.70. The quantitative estimate of drug-likeness (QED) is 0.861. The number of oxazole rings is 1. The van der Waals surface area contributed by atoms with Crippen LogP contribution in [0.2, 0.25) is 0 Å². The van der Waals surface area contributed by atoms with Crippen molar-refractivity contribution in [3.63, 3.8) is 0 Å². The van der Waals surface area contributed by atoms with Crippen LogP contribution in [0.15, 0.2) is 9.64 Å². The first kappa shape index (κ1) is 14.4. The van der Waals surface area contributed by atoms with Gasteiger partial charge in [0.15, 0.2) is 0 Å². The summed E-state index contributed by atoms with van der Waals surface area (Å²) in [5, 5.41) is 3.55. The monoisotopic (exact) mass is 282 g/mol. The first-order valence-corrected chi connectivity index (χ1v) is 7.85. The molecule has 0 radical (unpaired) electrons. The van der Waals surface area contributed by atoms with Gasteiger partial charge in [-0.3, -0.25) is 4.79 Å². The molecule has 106 valence electrons. The average molecular weight is 282 g/mol. The second kappa shape index (κ2) is 6.46. The number of carbonyl (C=O) groups is 1. The normalized spacial score (nSPS) is 18.3. The number of hydrogen-bond acceptors (Lipinski definition) is 4. The fraction of sp³-hybridized carbons (Fsp3) is 0.714. The predicted molar refractivity (Wildman–Crippen MR) is 76.3 cm³/mol. The van der Waals surface area contributed by atoms with Gasteiger partial charge in [0.25, 0.3) is 5.22 Å². The van der Waals surface area contributed by atoms with Gasteiger partial charge in [0, 0.05) is 6.04 Å². The summed E-state index contributed by atoms with van der Waals surface area (Å²) in [7, 11) is 0. The molecular formula is C14H22N2O2S. The maximum Gasteiger partial charge on any atom is 0.256 e. The Morgan fingerprint density at radius 3 is 2.63 bits per heavy atom. The predicted octanol–water partition coefficient (Wildman–Crippen LogP) is 3.22. The van der Waals surface area contributed by atoms with Crippen molar-refractivity contribution < 1.29 is 9.21 Å². The van der Waals surface area contributed by atoms with Gasteiger partial charge in [-0.2, -0.15) is 0 Å². The first-order valence-electron chi connectivity index (χ1n) is 6.97. The lowest BCUT2D eigenvalue weighted by Crippen LogP contribution is -2.40. The summed E-state index contributed by atoms with van der Waals surface area (Å²) in [5.41, 5.74) is 0.891. The van der Waals surface area contributed by atoms with E-state index in [0.717, 1.165) is 24.3 Å². The second-order valence-corrected chi connectivity index (χ2v) is 6.52. The highest BCUT2D eigenvalue weighted by Gasteiger charge is 2.22. The number of amides is 1. The summed E-state index contributed by atoms with van der Waals surface area (Å²) in [6, 6.07) is 0.359. The van der Waals surface area contributed by atoms with Gasteiger partial charge in [0.05, 0.1) is 10.9 Å². The molecule has 2 rings (SSSR count). The summed E-state index contributed by atoms with van der Waals surface area (Å²) in [6.07, 6.45) is 5.97. The molecule has 1 heterocycles. The smallest absolute Gasteiger partial charge is 0.256 e. The van der Waals surface area contributed by atoms with Crippen LogP contribution in [0.3, 0.4) is 0 Å². The Balaban J connectivity index is 1.84. The van der Waals surface area contributed by atoms with Crippen molar-refractivity contribution >= 4 is 17.7 Å². The molecule has 1 N–H and O–H groups in total. The third kappa shape index (κ3) is 4.00. The van der Waals surface area contributed by atoms with Crippen molar-refractivity contribution in [3.8, 4) is 0 Å². The fourth-order valence-electron chi connectivity index (χ4n) is 2.26. The highest BCUT2D eigenvalue weighted by Crippen LogP contribution is 2.25. The van der Waals surface area contributed by atoms with Gasteiger partial charge in [-0.05, 0) is 33.6 Å². The minimum absolute atomic E-state index is 0.0883. The lowest BCUT2D eigenvalue weighted by atomic mass is 9.95. The van der Waals surface area contributed by atoms with Gasteiger partial charge in [-0.1, -0.05) is 31.0 Å². The summed E-state index contributed by atoms with van der Waals surface area (Å²) < 4.78 is 5.50. The van der Waals surface area contributed by atoms with E-state index in [2.05, 4.69) is 10.3 Å². The molecule has 1 saturated carbocycles. The first-order chi connectivity index (χ1) is 9.06. The lowest BCUT2D eigenvalue weighted by Gasteiger charge is -2.23. The van der Waals surface area contributed by atoms with Crippen LogP contribution in [0.4, 0.5) is 0 Å². The number of thioether (sulfide) groups is 1. The van der Waals surface area contributed by atoms with Crippen molar-refractivity contribution in [1.82, 2.24) is 10.3 Å². The summed E-state index contributed by atoms with van der Waals surface area (Å²) >= 11 is 1.39. The maximum absolute atomic E-state index is 12.1. The summed E-state index contributed by atoms with van der Waals surface area (Å²) in [4.78, 5) is 16.4. The van der Waals surface area contributed by atoms with E-state index in [-0.39, 0.29) is 11.2 Å². The molecule has 1 fully saturated rings. The Bertz CT molecular complexity index is 419. The van der Waals surface area contributed by atoms with E-state index in [4.69, 9.17) is 4.42 Å². The Morgan fingerprint density at radius 1 is 1.37 bits per heavy atom. The fourth-order valence-corrected chi connectivity index (χ4v) is 3.10. The molecule has 1 aliphatic carbocycles. The zero-order valence-electron chi connectivity index (χ0n) is 11.9. The largest absolute Gasteiger partial charge is 0.437 e. The second-order valence-electron chi connectivity index (χ2n) is 5.22. The number of carbonyl (C=O) groups excluding carboxylic acids is 1. The summed E-state index contributed by atoms with van der Waals surface area (Å²) in [5.74, 6) is 0.910. The molecule has 1 unspecified atom stereocenters. The molecule has 1 atom stereocenters. The standard InChI is InChI=1S/C14H22N2O2S/c1-9-10(2)18-14(15-9)19-11(3)13(17)16-12-7-5-4-6-8-12/h11-12H,4-8H2,1-3H3,(H,16,17). The zero-order valence-corrected chi connectivity index (χ0v) is 12.7.